The van der Waals surface area contributed by atoms with Gasteiger partial charge in [0.05, 0.1) is 4.92 Å². The quantitative estimate of drug-likeness (QED) is 0.493. The van der Waals surface area contributed by atoms with Crippen molar-refractivity contribution in [1.29, 1.82) is 0 Å². The van der Waals surface area contributed by atoms with Crippen LogP contribution >= 0.6 is 0 Å². The molecule has 1 amide bonds. The average Bonchev–Trinajstić information content (AvgIpc) is 2.65. The maximum atomic E-state index is 12.1. The van der Waals surface area contributed by atoms with Gasteiger partial charge in [0.15, 0.2) is 0 Å². The van der Waals surface area contributed by atoms with Crippen molar-refractivity contribution in [3.05, 3.63) is 75.9 Å². The predicted octanol–water partition coefficient (Wildman–Crippen LogP) is 2.95. The number of aromatic nitrogens is 3. The van der Waals surface area contributed by atoms with Crippen LogP contribution in [0.25, 0.3) is 0 Å². The highest BCUT2D eigenvalue weighted by Gasteiger charge is 2.25. The molecule has 0 atom stereocenters. The number of hydrazine groups is 1. The van der Waals surface area contributed by atoms with Crippen molar-refractivity contribution < 1.29 is 14.5 Å². The summed E-state index contributed by atoms with van der Waals surface area (Å²) >= 11 is 0. The zero-order chi connectivity index (χ0) is 20.1. The fourth-order valence-corrected chi connectivity index (χ4v) is 2.47. The molecule has 0 unspecified atom stereocenters. The molecule has 0 aliphatic carbocycles. The van der Waals surface area contributed by atoms with Crippen molar-refractivity contribution in [2.75, 3.05) is 5.43 Å². The maximum Gasteiger partial charge on any atom is 0.374 e. The molecule has 2 heterocycles. The molecule has 10 nitrogen and oxygen atoms in total. The van der Waals surface area contributed by atoms with Gasteiger partial charge in [-0.2, -0.15) is 4.98 Å². The normalized spacial score (nSPS) is 10.2. The fraction of sp³-hybridized carbons (Fsp3) is 0.111. The van der Waals surface area contributed by atoms with Crippen molar-refractivity contribution in [2.45, 2.75) is 13.8 Å². The number of hydrogen-bond acceptors (Lipinski definition) is 8. The molecule has 1 aromatic carbocycles. The molecule has 0 spiro atoms. The molecule has 0 aliphatic heterocycles. The highest BCUT2D eigenvalue weighted by atomic mass is 16.6. The number of nitro groups is 1. The molecule has 0 aliphatic rings. The summed E-state index contributed by atoms with van der Waals surface area (Å²) in [5.41, 5.74) is 6.25. The zero-order valence-corrected chi connectivity index (χ0v) is 15.0. The summed E-state index contributed by atoms with van der Waals surface area (Å²) < 4.78 is 5.61. The standard InChI is InChI=1S/C18H16N6O4/c1-11-7-12(2)9-13(8-11)28-18-15(24(26)27)16(20-10-21-18)22-23-17(25)14-5-3-4-6-19-14/h3-10H,1-2H3,(H,23,25)(H,20,21,22). The van der Waals surface area contributed by atoms with Gasteiger partial charge in [0, 0.05) is 6.20 Å². The van der Waals surface area contributed by atoms with Crippen LogP contribution in [-0.2, 0) is 0 Å². The van der Waals surface area contributed by atoms with E-state index in [2.05, 4.69) is 25.8 Å². The second-order valence-electron chi connectivity index (χ2n) is 5.85. The van der Waals surface area contributed by atoms with Crippen molar-refractivity contribution in [2.24, 2.45) is 0 Å². The van der Waals surface area contributed by atoms with E-state index >= 15 is 0 Å². The van der Waals surface area contributed by atoms with Crippen LogP contribution in [0.2, 0.25) is 0 Å². The number of benzene rings is 1. The minimum atomic E-state index is -0.687. The Bertz CT molecular complexity index is 1010. The summed E-state index contributed by atoms with van der Waals surface area (Å²) in [6, 6.07) is 10.2. The first-order chi connectivity index (χ1) is 13.4. The molecule has 3 rings (SSSR count). The summed E-state index contributed by atoms with van der Waals surface area (Å²) in [7, 11) is 0. The molecule has 3 aromatic rings. The third kappa shape index (κ3) is 4.36. The highest BCUT2D eigenvalue weighted by molar-refractivity contribution is 5.93. The van der Waals surface area contributed by atoms with E-state index in [4.69, 9.17) is 4.74 Å². The lowest BCUT2D eigenvalue weighted by atomic mass is 10.1. The monoisotopic (exact) mass is 380 g/mol. The van der Waals surface area contributed by atoms with Gasteiger partial charge in [0.1, 0.15) is 17.8 Å². The predicted molar refractivity (Wildman–Crippen MR) is 100 cm³/mol. The minimum Gasteiger partial charge on any atom is -0.434 e. The van der Waals surface area contributed by atoms with Crippen molar-refractivity contribution in [3.63, 3.8) is 0 Å². The Balaban J connectivity index is 1.85. The number of carbonyl (C=O) groups is 1. The van der Waals surface area contributed by atoms with E-state index in [-0.39, 0.29) is 17.4 Å². The second-order valence-corrected chi connectivity index (χ2v) is 5.85. The first kappa shape index (κ1) is 18.7. The van der Waals surface area contributed by atoms with Crippen LogP contribution in [0, 0.1) is 24.0 Å². The average molecular weight is 380 g/mol. The number of carbonyl (C=O) groups excluding carboxylic acids is 1. The number of rotatable bonds is 6. The highest BCUT2D eigenvalue weighted by Crippen LogP contribution is 2.34. The van der Waals surface area contributed by atoms with E-state index in [1.54, 1.807) is 24.3 Å². The summed E-state index contributed by atoms with van der Waals surface area (Å²) in [5.74, 6) is -0.642. The van der Waals surface area contributed by atoms with Crippen LogP contribution in [0.3, 0.4) is 0 Å². The van der Waals surface area contributed by atoms with Crippen molar-refractivity contribution in [3.8, 4) is 11.6 Å². The van der Waals surface area contributed by atoms with Crippen molar-refractivity contribution >= 4 is 17.4 Å². The molecule has 0 saturated carbocycles. The first-order valence-electron chi connectivity index (χ1n) is 8.17. The molecule has 28 heavy (non-hydrogen) atoms. The van der Waals surface area contributed by atoms with Gasteiger partial charge in [0.25, 0.3) is 5.91 Å². The van der Waals surface area contributed by atoms with E-state index < -0.39 is 16.5 Å². The molecule has 0 saturated heterocycles. The topological polar surface area (TPSA) is 132 Å². The van der Waals surface area contributed by atoms with Crippen LogP contribution in [0.1, 0.15) is 21.6 Å². The molecular weight excluding hydrogens is 364 g/mol. The third-order valence-electron chi connectivity index (χ3n) is 3.57. The molecule has 0 radical (unpaired) electrons. The summed E-state index contributed by atoms with van der Waals surface area (Å²) in [5, 5.41) is 11.6. The number of aryl methyl sites for hydroxylation is 2. The van der Waals surface area contributed by atoms with Crippen molar-refractivity contribution in [1.82, 2.24) is 20.4 Å². The number of pyridine rings is 1. The largest absolute Gasteiger partial charge is 0.434 e. The maximum absolute atomic E-state index is 12.1. The molecule has 0 bridgehead atoms. The summed E-state index contributed by atoms with van der Waals surface area (Å²) in [6.07, 6.45) is 2.55. The SMILES string of the molecule is Cc1cc(C)cc(Oc2ncnc(NNC(=O)c3ccccn3)c2[N+](=O)[O-])c1. The van der Waals surface area contributed by atoms with Gasteiger partial charge in [-0.3, -0.25) is 30.7 Å². The number of anilines is 1. The van der Waals surface area contributed by atoms with Crippen LogP contribution in [0.5, 0.6) is 11.6 Å². The smallest absolute Gasteiger partial charge is 0.374 e. The Morgan fingerprint density at radius 3 is 2.50 bits per heavy atom. The Kier molecular flexibility index (Phi) is 5.40. The minimum absolute atomic E-state index is 0.137. The lowest BCUT2D eigenvalue weighted by Crippen LogP contribution is -2.30. The van der Waals surface area contributed by atoms with Gasteiger partial charge in [-0.1, -0.05) is 12.1 Å². The van der Waals surface area contributed by atoms with Gasteiger partial charge in [-0.05, 0) is 49.2 Å². The number of nitrogens with zero attached hydrogens (tertiary/aromatic N) is 4. The molecule has 0 fully saturated rings. The molecular formula is C18H16N6O4. The Labute approximate surface area is 159 Å². The van der Waals surface area contributed by atoms with E-state index in [9.17, 15) is 14.9 Å². The van der Waals surface area contributed by atoms with Crippen LogP contribution in [0.4, 0.5) is 11.5 Å². The number of nitrogens with one attached hydrogen (secondary N) is 2. The van der Waals surface area contributed by atoms with E-state index in [1.807, 2.05) is 19.9 Å². The van der Waals surface area contributed by atoms with Gasteiger partial charge >= 0.3 is 11.6 Å². The number of ether oxygens (including phenoxy) is 1. The van der Waals surface area contributed by atoms with E-state index in [0.717, 1.165) is 17.5 Å². The van der Waals surface area contributed by atoms with Crippen LogP contribution < -0.4 is 15.6 Å². The van der Waals surface area contributed by atoms with Gasteiger partial charge in [-0.25, -0.2) is 4.98 Å². The number of amides is 1. The Morgan fingerprint density at radius 2 is 1.86 bits per heavy atom. The van der Waals surface area contributed by atoms with Crippen LogP contribution in [0.15, 0.2) is 48.9 Å². The van der Waals surface area contributed by atoms with Gasteiger partial charge < -0.3 is 4.74 Å². The third-order valence-corrected chi connectivity index (χ3v) is 3.57. The van der Waals surface area contributed by atoms with Gasteiger partial charge in [0.2, 0.25) is 5.82 Å². The molecule has 2 aromatic heterocycles. The zero-order valence-electron chi connectivity index (χ0n) is 15.0. The molecule has 142 valence electrons. The lowest BCUT2D eigenvalue weighted by Gasteiger charge is -2.10. The van der Waals surface area contributed by atoms with E-state index in [0.29, 0.717) is 5.75 Å². The van der Waals surface area contributed by atoms with E-state index in [1.165, 1.54) is 12.3 Å². The second kappa shape index (κ2) is 8.08. The Morgan fingerprint density at radius 1 is 1.11 bits per heavy atom. The first-order valence-corrected chi connectivity index (χ1v) is 8.17. The van der Waals surface area contributed by atoms with Crippen LogP contribution in [-0.4, -0.2) is 25.8 Å². The number of hydrogen-bond donors (Lipinski definition) is 2. The lowest BCUT2D eigenvalue weighted by molar-refractivity contribution is -0.385. The van der Waals surface area contributed by atoms with Gasteiger partial charge in [-0.15, -0.1) is 0 Å². The molecule has 10 heteroatoms. The molecule has 2 N–H and O–H groups in total. The fourth-order valence-electron chi connectivity index (χ4n) is 2.47. The Hall–Kier alpha value is -4.08. The summed E-state index contributed by atoms with van der Waals surface area (Å²) in [4.78, 5) is 34.5. The summed E-state index contributed by atoms with van der Waals surface area (Å²) in [6.45, 7) is 3.77.